The highest BCUT2D eigenvalue weighted by Gasteiger charge is 2.46. The number of rotatable bonds is 8. The molecule has 0 aliphatic heterocycles. The summed E-state index contributed by atoms with van der Waals surface area (Å²) in [6.45, 7) is 3.17. The lowest BCUT2D eigenvalue weighted by Gasteiger charge is -2.29. The van der Waals surface area contributed by atoms with E-state index in [2.05, 4.69) is 0 Å². The van der Waals surface area contributed by atoms with Gasteiger partial charge < -0.3 is 19.2 Å². The minimum absolute atomic E-state index is 0.142. The Morgan fingerprint density at radius 1 is 1.05 bits per heavy atom. The van der Waals surface area contributed by atoms with Crippen LogP contribution in [0, 0.1) is 17.3 Å². The predicted octanol–water partition coefficient (Wildman–Crippen LogP) is 2.58. The molecule has 118 valence electrons. The Bertz CT molecular complexity index is 437. The van der Waals surface area contributed by atoms with Gasteiger partial charge in [-0.1, -0.05) is 13.8 Å². The van der Waals surface area contributed by atoms with Gasteiger partial charge in [0.2, 0.25) is 0 Å². The van der Waals surface area contributed by atoms with Gasteiger partial charge >= 0.3 is 15.2 Å². The first-order valence-electron chi connectivity index (χ1n) is 7.02. The zero-order valence-electron chi connectivity index (χ0n) is 11.9. The SMILES string of the molecule is CC(C)(CP(=O)(O)O)CP(=O)(O)OC(C1CC1)C1CC1. The third-order valence-electron chi connectivity index (χ3n) is 3.72. The van der Waals surface area contributed by atoms with E-state index in [0.29, 0.717) is 11.8 Å². The van der Waals surface area contributed by atoms with Crippen LogP contribution in [0.4, 0.5) is 0 Å². The molecule has 0 spiro atoms. The first-order chi connectivity index (χ1) is 8.98. The van der Waals surface area contributed by atoms with E-state index in [1.807, 2.05) is 0 Å². The Morgan fingerprint density at radius 3 is 1.85 bits per heavy atom. The fourth-order valence-electron chi connectivity index (χ4n) is 2.78. The summed E-state index contributed by atoms with van der Waals surface area (Å²) >= 11 is 0. The average molecular weight is 326 g/mol. The molecule has 6 nitrogen and oxygen atoms in total. The highest BCUT2D eigenvalue weighted by atomic mass is 31.2. The molecule has 2 fully saturated rings. The van der Waals surface area contributed by atoms with Gasteiger partial charge in [-0.3, -0.25) is 9.13 Å². The molecule has 0 radical (unpaired) electrons. The van der Waals surface area contributed by atoms with Crippen molar-refractivity contribution in [2.24, 2.45) is 17.3 Å². The standard InChI is InChI=1S/C12H24O6P2/c1-12(2,7-19(13,14)15)8-20(16,17)18-11(9-3-4-9)10-5-6-10/h9-11H,3-8H2,1-2H3,(H,16,17)(H2,13,14,15). The predicted molar refractivity (Wildman–Crippen MR) is 75.7 cm³/mol. The van der Waals surface area contributed by atoms with E-state index in [1.165, 1.54) is 0 Å². The number of hydrogen-bond acceptors (Lipinski definition) is 3. The molecule has 8 heteroatoms. The van der Waals surface area contributed by atoms with Crippen molar-refractivity contribution in [2.45, 2.75) is 45.6 Å². The maximum Gasteiger partial charge on any atom is 0.328 e. The Hall–Kier alpha value is 0.300. The molecule has 0 amide bonds. The van der Waals surface area contributed by atoms with Crippen LogP contribution in [0.5, 0.6) is 0 Å². The summed E-state index contributed by atoms with van der Waals surface area (Å²) in [5.41, 5.74) is -0.930. The van der Waals surface area contributed by atoms with Crippen molar-refractivity contribution >= 4 is 15.2 Å². The first-order valence-corrected chi connectivity index (χ1v) is 10.6. The van der Waals surface area contributed by atoms with Crippen LogP contribution in [-0.4, -0.2) is 33.1 Å². The van der Waals surface area contributed by atoms with Gasteiger partial charge in [-0.05, 0) is 42.9 Å². The van der Waals surface area contributed by atoms with Crippen LogP contribution < -0.4 is 0 Å². The third kappa shape index (κ3) is 5.59. The molecule has 2 rings (SSSR count). The molecule has 1 unspecified atom stereocenters. The van der Waals surface area contributed by atoms with Crippen molar-refractivity contribution in [3.05, 3.63) is 0 Å². The minimum Gasteiger partial charge on any atom is -0.324 e. The van der Waals surface area contributed by atoms with E-state index < -0.39 is 26.8 Å². The fraction of sp³-hybridized carbons (Fsp3) is 1.00. The van der Waals surface area contributed by atoms with Crippen LogP contribution >= 0.6 is 15.2 Å². The summed E-state index contributed by atoms with van der Waals surface area (Å²) in [7, 11) is -8.04. The lowest BCUT2D eigenvalue weighted by Crippen LogP contribution is -2.25. The molecular formula is C12H24O6P2. The summed E-state index contributed by atoms with van der Waals surface area (Å²) in [6, 6.07) is 0. The maximum absolute atomic E-state index is 12.3. The van der Waals surface area contributed by atoms with Gasteiger partial charge in [0.1, 0.15) is 0 Å². The topological polar surface area (TPSA) is 104 Å². The van der Waals surface area contributed by atoms with Crippen molar-refractivity contribution in [1.82, 2.24) is 0 Å². The highest BCUT2D eigenvalue weighted by molar-refractivity contribution is 7.53. The van der Waals surface area contributed by atoms with Crippen LogP contribution in [0.15, 0.2) is 0 Å². The second-order valence-electron chi connectivity index (χ2n) is 7.03. The van der Waals surface area contributed by atoms with E-state index in [4.69, 9.17) is 14.3 Å². The lowest BCUT2D eigenvalue weighted by molar-refractivity contribution is 0.130. The van der Waals surface area contributed by atoms with Crippen molar-refractivity contribution in [3.63, 3.8) is 0 Å². The van der Waals surface area contributed by atoms with Gasteiger partial charge in [-0.25, -0.2) is 0 Å². The van der Waals surface area contributed by atoms with Crippen molar-refractivity contribution in [3.8, 4) is 0 Å². The molecule has 3 N–H and O–H groups in total. The fourth-order valence-corrected chi connectivity index (χ4v) is 6.18. The largest absolute Gasteiger partial charge is 0.328 e. The van der Waals surface area contributed by atoms with Gasteiger partial charge in [0.05, 0.1) is 18.4 Å². The van der Waals surface area contributed by atoms with Crippen molar-refractivity contribution in [2.75, 3.05) is 12.3 Å². The van der Waals surface area contributed by atoms with Crippen LogP contribution in [0.2, 0.25) is 0 Å². The normalized spacial score (nSPS) is 23.9. The zero-order valence-corrected chi connectivity index (χ0v) is 13.7. The van der Waals surface area contributed by atoms with Crippen LogP contribution in [0.25, 0.3) is 0 Å². The van der Waals surface area contributed by atoms with E-state index in [0.717, 1.165) is 25.7 Å². The van der Waals surface area contributed by atoms with Gasteiger partial charge in [0.25, 0.3) is 0 Å². The van der Waals surface area contributed by atoms with Crippen molar-refractivity contribution < 1.29 is 28.3 Å². The minimum atomic E-state index is -4.21. The highest BCUT2D eigenvalue weighted by Crippen LogP contribution is 2.57. The van der Waals surface area contributed by atoms with E-state index >= 15 is 0 Å². The van der Waals surface area contributed by atoms with Gasteiger partial charge in [-0.15, -0.1) is 0 Å². The Labute approximate surface area is 119 Å². The summed E-state index contributed by atoms with van der Waals surface area (Å²) in [5.74, 6) is 0.792. The average Bonchev–Trinajstić information content (AvgIpc) is 3.04. The monoisotopic (exact) mass is 326 g/mol. The molecule has 0 bridgehead atoms. The van der Waals surface area contributed by atoms with Gasteiger partial charge in [0.15, 0.2) is 0 Å². The molecular weight excluding hydrogens is 302 g/mol. The summed E-state index contributed by atoms with van der Waals surface area (Å²) in [6.07, 6.45) is 3.42. The second kappa shape index (κ2) is 5.49. The molecule has 1 atom stereocenters. The molecule has 0 heterocycles. The third-order valence-corrected chi connectivity index (χ3v) is 6.82. The van der Waals surface area contributed by atoms with Crippen LogP contribution in [0.1, 0.15) is 39.5 Å². The van der Waals surface area contributed by atoms with Gasteiger partial charge in [-0.2, -0.15) is 0 Å². The Balaban J connectivity index is 1.95. The summed E-state index contributed by atoms with van der Waals surface area (Å²) in [4.78, 5) is 28.1. The zero-order chi connectivity index (χ0) is 15.2. The molecule has 0 aromatic carbocycles. The molecule has 0 aromatic rings. The Morgan fingerprint density at radius 2 is 1.50 bits per heavy atom. The van der Waals surface area contributed by atoms with Crippen LogP contribution in [0.3, 0.4) is 0 Å². The number of hydrogen-bond donors (Lipinski definition) is 3. The molecule has 0 saturated heterocycles. The molecule has 2 aliphatic carbocycles. The molecule has 20 heavy (non-hydrogen) atoms. The van der Waals surface area contributed by atoms with Crippen LogP contribution in [-0.2, 0) is 13.7 Å². The maximum atomic E-state index is 12.3. The molecule has 2 saturated carbocycles. The Kier molecular flexibility index (Phi) is 4.58. The van der Waals surface area contributed by atoms with E-state index in [9.17, 15) is 14.0 Å². The summed E-state index contributed by atoms with van der Waals surface area (Å²) in [5, 5.41) is 0. The lowest BCUT2D eigenvalue weighted by atomic mass is 10.0. The van der Waals surface area contributed by atoms with Gasteiger partial charge in [0, 0.05) is 0 Å². The molecule has 0 aromatic heterocycles. The smallest absolute Gasteiger partial charge is 0.324 e. The molecule has 2 aliphatic rings. The summed E-state index contributed by atoms with van der Waals surface area (Å²) < 4.78 is 28.8. The van der Waals surface area contributed by atoms with Crippen molar-refractivity contribution in [1.29, 1.82) is 0 Å². The second-order valence-corrected chi connectivity index (χ2v) is 10.5. The van der Waals surface area contributed by atoms with E-state index in [1.54, 1.807) is 13.8 Å². The van der Waals surface area contributed by atoms with E-state index in [-0.39, 0.29) is 12.3 Å². The first kappa shape index (κ1) is 16.7. The quantitative estimate of drug-likeness (QED) is 0.592.